The number of furan rings is 1. The lowest BCUT2D eigenvalue weighted by atomic mass is 9.70. The van der Waals surface area contributed by atoms with Crippen molar-refractivity contribution in [2.75, 3.05) is 12.0 Å². The fourth-order valence-electron chi connectivity index (χ4n) is 5.07. The number of thioether (sulfide) groups is 1. The lowest BCUT2D eigenvalue weighted by molar-refractivity contribution is -0.123. The van der Waals surface area contributed by atoms with Crippen LogP contribution in [0.15, 0.2) is 50.4 Å². The fraction of sp³-hybridized carbons (Fsp3) is 0.321. The molecule has 1 aliphatic heterocycles. The number of hydrogen-bond acceptors (Lipinski definition) is 12. The lowest BCUT2D eigenvalue weighted by Crippen LogP contribution is -2.41. The Bertz CT molecular complexity index is 1620. The molecule has 0 bridgehead atoms. The van der Waals surface area contributed by atoms with Gasteiger partial charge in [0.05, 0.1) is 17.4 Å². The molecule has 0 fully saturated rings. The Hall–Kier alpha value is -4.32. The molecule has 3 aromatic rings. The standard InChI is InChI=1S/C28H27N3O8S/c1-12-22(34)20(14(3)32)24-21(23(12)35)28(4)18(38-24)11-16(33)19(25(28)36)13(2)29-15(8-10-40-5)27-30-26(31-39-27)17-7-6-9-37-17/h6-7,9,11,15,29,34-35H,8,10H2,1-5H3/b19-13+/t15-,28-/m0/s1. The van der Waals surface area contributed by atoms with Gasteiger partial charge in [-0.15, -0.1) is 0 Å². The summed E-state index contributed by atoms with van der Waals surface area (Å²) in [5.74, 6) is -1.07. The van der Waals surface area contributed by atoms with Crippen LogP contribution in [0.4, 0.5) is 0 Å². The van der Waals surface area contributed by atoms with Crippen LogP contribution in [0.3, 0.4) is 0 Å². The molecule has 2 aliphatic rings. The summed E-state index contributed by atoms with van der Waals surface area (Å²) in [6.07, 6.45) is 5.16. The number of carbonyl (C=O) groups is 3. The molecule has 208 valence electrons. The smallest absolute Gasteiger partial charge is 0.249 e. The third-order valence-corrected chi connectivity index (χ3v) is 7.89. The van der Waals surface area contributed by atoms with Crippen molar-refractivity contribution in [2.45, 2.75) is 45.6 Å². The van der Waals surface area contributed by atoms with Gasteiger partial charge in [0, 0.05) is 17.3 Å². The van der Waals surface area contributed by atoms with Gasteiger partial charge in [0.15, 0.2) is 23.1 Å². The predicted molar refractivity (Wildman–Crippen MR) is 144 cm³/mol. The van der Waals surface area contributed by atoms with Gasteiger partial charge in [-0.3, -0.25) is 14.4 Å². The maximum absolute atomic E-state index is 14.1. The molecule has 12 heteroatoms. The summed E-state index contributed by atoms with van der Waals surface area (Å²) < 4.78 is 16.7. The van der Waals surface area contributed by atoms with Crippen LogP contribution in [0.25, 0.3) is 11.6 Å². The molecule has 0 spiro atoms. The number of benzene rings is 1. The average molecular weight is 566 g/mol. The summed E-state index contributed by atoms with van der Waals surface area (Å²) in [5.41, 5.74) is -1.59. The van der Waals surface area contributed by atoms with Crippen LogP contribution in [0.5, 0.6) is 17.2 Å². The fourth-order valence-corrected chi connectivity index (χ4v) is 5.54. The first-order valence-electron chi connectivity index (χ1n) is 12.4. The minimum atomic E-state index is -1.61. The largest absolute Gasteiger partial charge is 0.507 e. The summed E-state index contributed by atoms with van der Waals surface area (Å²) in [5, 5.41) is 28.8. The van der Waals surface area contributed by atoms with E-state index < -0.39 is 34.6 Å². The Morgan fingerprint density at radius 3 is 2.62 bits per heavy atom. The SMILES string of the molecule is CSCC[C@H](N/C(C)=C1\C(=O)C=C2Oc3c(C(C)=O)c(O)c(C)c(O)c3[C@@]2(C)C1=O)c1nc(-c2ccco2)no1. The summed E-state index contributed by atoms with van der Waals surface area (Å²) in [4.78, 5) is 44.2. The van der Waals surface area contributed by atoms with E-state index in [9.17, 15) is 24.6 Å². The molecule has 2 aromatic heterocycles. The van der Waals surface area contributed by atoms with E-state index in [0.29, 0.717) is 17.9 Å². The minimum absolute atomic E-state index is 0.0287. The number of aromatic nitrogens is 2. The van der Waals surface area contributed by atoms with Crippen LogP contribution in [-0.2, 0) is 15.0 Å². The Balaban J connectivity index is 1.57. The summed E-state index contributed by atoms with van der Waals surface area (Å²) >= 11 is 1.60. The van der Waals surface area contributed by atoms with Gasteiger partial charge in [0.2, 0.25) is 11.7 Å². The van der Waals surface area contributed by atoms with Crippen molar-refractivity contribution in [3.63, 3.8) is 0 Å². The molecule has 11 nitrogen and oxygen atoms in total. The number of rotatable bonds is 8. The highest BCUT2D eigenvalue weighted by molar-refractivity contribution is 7.98. The quantitative estimate of drug-likeness (QED) is 0.202. The van der Waals surface area contributed by atoms with Gasteiger partial charge in [0.1, 0.15) is 40.0 Å². The minimum Gasteiger partial charge on any atom is -0.507 e. The van der Waals surface area contributed by atoms with E-state index in [-0.39, 0.29) is 56.9 Å². The maximum Gasteiger partial charge on any atom is 0.249 e. The molecule has 0 radical (unpaired) electrons. The van der Waals surface area contributed by atoms with Gasteiger partial charge >= 0.3 is 0 Å². The lowest BCUT2D eigenvalue weighted by Gasteiger charge is -2.29. The number of phenols is 2. The summed E-state index contributed by atoms with van der Waals surface area (Å²) in [6.45, 7) is 5.79. The number of carbonyl (C=O) groups excluding carboxylic acids is 3. The predicted octanol–water partition coefficient (Wildman–Crippen LogP) is 4.30. The normalized spacial score (nSPS) is 20.0. The first kappa shape index (κ1) is 27.3. The van der Waals surface area contributed by atoms with Crippen LogP contribution in [0.1, 0.15) is 60.6 Å². The van der Waals surface area contributed by atoms with E-state index in [1.807, 2.05) is 6.26 Å². The number of fused-ring (bicyclic) bond motifs is 3. The number of nitrogens with one attached hydrogen (secondary N) is 1. The number of allylic oxidation sites excluding steroid dienone is 4. The number of phenolic OH excluding ortho intramolecular Hbond substituents is 2. The maximum atomic E-state index is 14.1. The number of nitrogens with zero attached hydrogens (tertiary/aromatic N) is 2. The van der Waals surface area contributed by atoms with Gasteiger partial charge in [-0.1, -0.05) is 5.16 Å². The molecule has 1 aliphatic carbocycles. The Labute approximate surface area is 233 Å². The molecule has 3 N–H and O–H groups in total. The zero-order chi connectivity index (χ0) is 28.9. The average Bonchev–Trinajstić information content (AvgIpc) is 3.65. The number of ether oxygens (including phenoxy) is 1. The topological polar surface area (TPSA) is 165 Å². The number of Topliss-reactive ketones (excluding diaryl/α,β-unsaturated/α-hetero) is 2. The van der Waals surface area contributed by atoms with Crippen molar-refractivity contribution in [1.29, 1.82) is 0 Å². The number of hydrogen-bond donors (Lipinski definition) is 3. The van der Waals surface area contributed by atoms with E-state index in [2.05, 4.69) is 15.5 Å². The second kappa shape index (κ2) is 10.0. The first-order chi connectivity index (χ1) is 19.0. The summed E-state index contributed by atoms with van der Waals surface area (Å²) in [7, 11) is 0. The molecule has 5 rings (SSSR count). The van der Waals surface area contributed by atoms with E-state index in [1.165, 1.54) is 33.1 Å². The van der Waals surface area contributed by atoms with Gasteiger partial charge in [-0.25, -0.2) is 0 Å². The number of ketones is 3. The highest BCUT2D eigenvalue weighted by atomic mass is 32.2. The highest BCUT2D eigenvalue weighted by Gasteiger charge is 2.56. The van der Waals surface area contributed by atoms with Gasteiger partial charge in [0.25, 0.3) is 0 Å². The molecule has 0 saturated heterocycles. The van der Waals surface area contributed by atoms with Gasteiger partial charge < -0.3 is 29.2 Å². The van der Waals surface area contributed by atoms with E-state index in [1.54, 1.807) is 30.8 Å². The van der Waals surface area contributed by atoms with Gasteiger partial charge in [-0.05, 0) is 58.3 Å². The Morgan fingerprint density at radius 1 is 1.23 bits per heavy atom. The van der Waals surface area contributed by atoms with Crippen LogP contribution < -0.4 is 10.1 Å². The number of aromatic hydroxyl groups is 2. The van der Waals surface area contributed by atoms with Crippen molar-refractivity contribution in [3.05, 3.63) is 64.1 Å². The Kier molecular flexibility index (Phi) is 6.82. The van der Waals surface area contributed by atoms with E-state index in [0.717, 1.165) is 0 Å². The third-order valence-electron chi connectivity index (χ3n) is 7.24. The van der Waals surface area contributed by atoms with Crippen LogP contribution in [0, 0.1) is 6.92 Å². The van der Waals surface area contributed by atoms with Crippen molar-refractivity contribution >= 4 is 29.1 Å². The zero-order valence-electron chi connectivity index (χ0n) is 22.4. The highest BCUT2D eigenvalue weighted by Crippen LogP contribution is 2.57. The molecule has 1 aromatic carbocycles. The van der Waals surface area contributed by atoms with E-state index >= 15 is 0 Å². The Morgan fingerprint density at radius 2 is 1.98 bits per heavy atom. The second-order valence-electron chi connectivity index (χ2n) is 9.80. The summed E-state index contributed by atoms with van der Waals surface area (Å²) in [6, 6.07) is 2.88. The van der Waals surface area contributed by atoms with Gasteiger partial charge in [-0.2, -0.15) is 16.7 Å². The zero-order valence-corrected chi connectivity index (χ0v) is 23.3. The second-order valence-corrected chi connectivity index (χ2v) is 10.8. The van der Waals surface area contributed by atoms with Crippen LogP contribution >= 0.6 is 11.8 Å². The molecule has 0 saturated carbocycles. The molecule has 2 atom stereocenters. The molecule has 3 heterocycles. The van der Waals surface area contributed by atoms with E-state index in [4.69, 9.17) is 13.7 Å². The van der Waals surface area contributed by atoms with Crippen molar-refractivity contribution in [2.24, 2.45) is 0 Å². The molecular formula is C28H27N3O8S. The van der Waals surface area contributed by atoms with Crippen LogP contribution in [-0.4, -0.2) is 49.7 Å². The molecule has 0 amide bonds. The molecular weight excluding hydrogens is 538 g/mol. The van der Waals surface area contributed by atoms with Crippen molar-refractivity contribution in [1.82, 2.24) is 15.5 Å². The monoisotopic (exact) mass is 565 g/mol. The van der Waals surface area contributed by atoms with Crippen LogP contribution in [0.2, 0.25) is 0 Å². The van der Waals surface area contributed by atoms with Crippen molar-refractivity contribution < 1.29 is 38.3 Å². The molecule has 0 unspecified atom stereocenters. The first-order valence-corrected chi connectivity index (χ1v) is 13.8. The van der Waals surface area contributed by atoms with Crippen molar-refractivity contribution in [3.8, 4) is 28.8 Å². The third kappa shape index (κ3) is 4.10. The molecule has 40 heavy (non-hydrogen) atoms.